The molecule has 1 N–H and O–H groups in total. The molecule has 0 aliphatic carbocycles. The van der Waals surface area contributed by atoms with Gasteiger partial charge in [0, 0.05) is 0 Å². The summed E-state index contributed by atoms with van der Waals surface area (Å²) in [5.74, 6) is 1.76. The Kier molecular flexibility index (Phi) is 3.49. The summed E-state index contributed by atoms with van der Waals surface area (Å²) >= 11 is 0. The summed E-state index contributed by atoms with van der Waals surface area (Å²) in [6.45, 7) is 4.74. The first-order valence-corrected chi connectivity index (χ1v) is 6.14. The highest BCUT2D eigenvalue weighted by Gasteiger charge is 2.23. The molecule has 0 bridgehead atoms. The molecule has 1 aliphatic rings. The van der Waals surface area contributed by atoms with Gasteiger partial charge in [0.2, 0.25) is 0 Å². The quantitative estimate of drug-likeness (QED) is 0.826. The van der Waals surface area contributed by atoms with E-state index in [1.165, 1.54) is 31.5 Å². The zero-order chi connectivity index (χ0) is 11.5. The Morgan fingerprint density at radius 1 is 1.19 bits per heavy atom. The fourth-order valence-corrected chi connectivity index (χ4v) is 2.58. The predicted molar refractivity (Wildman–Crippen MR) is 66.7 cm³/mol. The molecular weight excluding hydrogens is 198 g/mol. The predicted octanol–water partition coefficient (Wildman–Crippen LogP) is 2.84. The molecule has 0 amide bonds. The normalized spacial score (nSPS) is 20.9. The van der Waals surface area contributed by atoms with E-state index in [0.29, 0.717) is 11.7 Å². The third-order valence-electron chi connectivity index (χ3n) is 3.89. The van der Waals surface area contributed by atoms with Crippen LogP contribution in [0.3, 0.4) is 0 Å². The van der Waals surface area contributed by atoms with Gasteiger partial charge in [-0.2, -0.15) is 0 Å². The molecule has 0 aromatic heterocycles. The van der Waals surface area contributed by atoms with Crippen LogP contribution in [0, 0.1) is 5.92 Å². The molecule has 2 rings (SSSR count). The molecule has 16 heavy (non-hydrogen) atoms. The molecular formula is C14H21NO. The van der Waals surface area contributed by atoms with Crippen molar-refractivity contribution in [1.82, 2.24) is 4.90 Å². The maximum absolute atomic E-state index is 9.28. The topological polar surface area (TPSA) is 23.5 Å². The number of nitrogens with zero attached hydrogens (tertiary/aromatic N) is 1. The molecule has 1 unspecified atom stereocenters. The van der Waals surface area contributed by atoms with Gasteiger partial charge >= 0.3 is 0 Å². The van der Waals surface area contributed by atoms with E-state index < -0.39 is 0 Å². The molecule has 1 saturated heterocycles. The van der Waals surface area contributed by atoms with E-state index in [2.05, 4.69) is 31.0 Å². The van der Waals surface area contributed by atoms with Crippen molar-refractivity contribution in [3.8, 4) is 5.75 Å². The van der Waals surface area contributed by atoms with Crippen molar-refractivity contribution in [1.29, 1.82) is 0 Å². The lowest BCUT2D eigenvalue weighted by Gasteiger charge is -2.33. The maximum atomic E-state index is 9.28. The smallest absolute Gasteiger partial charge is 0.115 e. The number of piperidine rings is 1. The molecule has 0 radical (unpaired) electrons. The van der Waals surface area contributed by atoms with Crippen molar-refractivity contribution in [2.24, 2.45) is 5.92 Å². The minimum absolute atomic E-state index is 0.360. The lowest BCUT2D eigenvalue weighted by Crippen LogP contribution is -2.32. The lowest BCUT2D eigenvalue weighted by molar-refractivity contribution is 0.202. The first kappa shape index (κ1) is 11.5. The summed E-state index contributed by atoms with van der Waals surface area (Å²) in [6.07, 6.45) is 2.58. The van der Waals surface area contributed by atoms with E-state index in [0.717, 1.165) is 5.92 Å². The van der Waals surface area contributed by atoms with Gasteiger partial charge in [0.05, 0.1) is 0 Å². The van der Waals surface area contributed by atoms with Crippen LogP contribution in [0.25, 0.3) is 0 Å². The van der Waals surface area contributed by atoms with Crippen LogP contribution in [0.5, 0.6) is 5.75 Å². The fraction of sp³-hybridized carbons (Fsp3) is 0.571. The molecule has 1 atom stereocenters. The lowest BCUT2D eigenvalue weighted by atomic mass is 9.81. The maximum Gasteiger partial charge on any atom is 0.115 e. The van der Waals surface area contributed by atoms with Crippen LogP contribution < -0.4 is 0 Å². The fourth-order valence-electron chi connectivity index (χ4n) is 2.58. The summed E-state index contributed by atoms with van der Waals surface area (Å²) in [6, 6.07) is 7.69. The molecule has 1 fully saturated rings. The first-order chi connectivity index (χ1) is 7.66. The number of hydrogen-bond acceptors (Lipinski definition) is 2. The Balaban J connectivity index is 2.01. The van der Waals surface area contributed by atoms with E-state index in [1.807, 2.05) is 0 Å². The Hall–Kier alpha value is -1.02. The Bertz CT molecular complexity index is 325. The van der Waals surface area contributed by atoms with E-state index in [1.54, 1.807) is 12.1 Å². The van der Waals surface area contributed by atoms with Crippen LogP contribution in [-0.4, -0.2) is 30.1 Å². The van der Waals surface area contributed by atoms with Gasteiger partial charge < -0.3 is 10.0 Å². The highest BCUT2D eigenvalue weighted by atomic mass is 16.3. The van der Waals surface area contributed by atoms with Crippen LogP contribution in [0.15, 0.2) is 24.3 Å². The van der Waals surface area contributed by atoms with E-state index in [-0.39, 0.29) is 0 Å². The van der Waals surface area contributed by atoms with E-state index >= 15 is 0 Å². The molecule has 0 saturated carbocycles. The minimum atomic E-state index is 0.360. The molecule has 1 aromatic carbocycles. The average molecular weight is 219 g/mol. The third kappa shape index (κ3) is 2.56. The van der Waals surface area contributed by atoms with Crippen molar-refractivity contribution < 1.29 is 5.11 Å². The number of benzene rings is 1. The summed E-state index contributed by atoms with van der Waals surface area (Å²) in [7, 11) is 2.20. The van der Waals surface area contributed by atoms with Crippen molar-refractivity contribution in [2.45, 2.75) is 25.7 Å². The molecule has 1 aliphatic heterocycles. The first-order valence-electron chi connectivity index (χ1n) is 6.14. The summed E-state index contributed by atoms with van der Waals surface area (Å²) in [4.78, 5) is 2.40. The summed E-state index contributed by atoms with van der Waals surface area (Å²) in [5.41, 5.74) is 1.35. The molecule has 1 aromatic rings. The van der Waals surface area contributed by atoms with E-state index in [9.17, 15) is 5.11 Å². The zero-order valence-corrected chi connectivity index (χ0v) is 10.2. The molecule has 88 valence electrons. The zero-order valence-electron chi connectivity index (χ0n) is 10.2. The van der Waals surface area contributed by atoms with E-state index in [4.69, 9.17) is 0 Å². The van der Waals surface area contributed by atoms with Gasteiger partial charge in [-0.1, -0.05) is 19.1 Å². The van der Waals surface area contributed by atoms with Gasteiger partial charge in [0.15, 0.2) is 0 Å². The number of phenolic OH excluding ortho intramolecular Hbond substituents is 1. The highest BCUT2D eigenvalue weighted by molar-refractivity contribution is 5.28. The monoisotopic (exact) mass is 219 g/mol. The van der Waals surface area contributed by atoms with Crippen molar-refractivity contribution in [3.05, 3.63) is 29.8 Å². The molecule has 0 spiro atoms. The number of likely N-dealkylation sites (tertiary alicyclic amines) is 1. The number of phenols is 1. The SMILES string of the molecule is CC(c1ccc(O)cc1)C1CCN(C)CC1. The number of hydrogen-bond donors (Lipinski definition) is 1. The van der Waals surface area contributed by atoms with Gasteiger partial charge in [-0.3, -0.25) is 0 Å². The molecule has 2 heteroatoms. The van der Waals surface area contributed by atoms with Gasteiger partial charge in [-0.15, -0.1) is 0 Å². The van der Waals surface area contributed by atoms with Crippen molar-refractivity contribution in [3.63, 3.8) is 0 Å². The second-order valence-corrected chi connectivity index (χ2v) is 5.02. The number of rotatable bonds is 2. The standard InChI is InChI=1S/C14H21NO/c1-11(12-3-5-14(16)6-4-12)13-7-9-15(2)10-8-13/h3-6,11,13,16H,7-10H2,1-2H3. The second kappa shape index (κ2) is 4.88. The van der Waals surface area contributed by atoms with Crippen LogP contribution in [0.1, 0.15) is 31.2 Å². The van der Waals surface area contributed by atoms with Gasteiger partial charge in [0.1, 0.15) is 5.75 Å². The van der Waals surface area contributed by atoms with Gasteiger partial charge in [-0.05, 0) is 62.5 Å². The summed E-state index contributed by atoms with van der Waals surface area (Å²) in [5, 5.41) is 9.28. The summed E-state index contributed by atoms with van der Waals surface area (Å²) < 4.78 is 0. The van der Waals surface area contributed by atoms with Crippen LogP contribution in [-0.2, 0) is 0 Å². The van der Waals surface area contributed by atoms with Gasteiger partial charge in [0.25, 0.3) is 0 Å². The Labute approximate surface area is 97.9 Å². The average Bonchev–Trinajstić information content (AvgIpc) is 2.30. The van der Waals surface area contributed by atoms with Crippen LogP contribution >= 0.6 is 0 Å². The van der Waals surface area contributed by atoms with Crippen LogP contribution in [0.2, 0.25) is 0 Å². The Morgan fingerprint density at radius 3 is 2.31 bits per heavy atom. The molecule has 2 nitrogen and oxygen atoms in total. The number of aromatic hydroxyl groups is 1. The van der Waals surface area contributed by atoms with Crippen molar-refractivity contribution >= 4 is 0 Å². The highest BCUT2D eigenvalue weighted by Crippen LogP contribution is 2.32. The van der Waals surface area contributed by atoms with Crippen molar-refractivity contribution in [2.75, 3.05) is 20.1 Å². The third-order valence-corrected chi connectivity index (χ3v) is 3.89. The second-order valence-electron chi connectivity index (χ2n) is 5.02. The largest absolute Gasteiger partial charge is 0.508 e. The van der Waals surface area contributed by atoms with Crippen LogP contribution in [0.4, 0.5) is 0 Å². The minimum Gasteiger partial charge on any atom is -0.508 e. The Morgan fingerprint density at radius 2 is 1.75 bits per heavy atom. The molecule has 1 heterocycles. The van der Waals surface area contributed by atoms with Gasteiger partial charge in [-0.25, -0.2) is 0 Å².